The van der Waals surface area contributed by atoms with Gasteiger partial charge in [-0.25, -0.2) is 4.98 Å². The number of anilines is 2. The lowest BCUT2D eigenvalue weighted by Crippen LogP contribution is -2.49. The molecule has 1 aromatic carbocycles. The third-order valence-corrected chi connectivity index (χ3v) is 4.66. The van der Waals surface area contributed by atoms with Gasteiger partial charge in [0.2, 0.25) is 0 Å². The third-order valence-electron chi connectivity index (χ3n) is 3.52. The molecule has 0 spiro atoms. The highest BCUT2D eigenvalue weighted by Gasteiger charge is 2.25. The van der Waals surface area contributed by atoms with Gasteiger partial charge >= 0.3 is 0 Å². The molecule has 0 radical (unpaired) electrons. The molecule has 1 fully saturated rings. The molecule has 0 aliphatic carbocycles. The van der Waals surface area contributed by atoms with Crippen LogP contribution in [0.3, 0.4) is 0 Å². The van der Waals surface area contributed by atoms with Crippen molar-refractivity contribution in [2.45, 2.75) is 0 Å². The molecular formula is C14H15ClN4OS. The summed E-state index contributed by atoms with van der Waals surface area (Å²) in [7, 11) is 0. The predicted octanol–water partition coefficient (Wildman–Crippen LogP) is 2.34. The number of halogens is 1. The molecule has 1 aliphatic heterocycles. The number of rotatable bonds is 2. The summed E-state index contributed by atoms with van der Waals surface area (Å²) < 4.78 is 0. The van der Waals surface area contributed by atoms with E-state index in [2.05, 4.69) is 9.88 Å². The van der Waals surface area contributed by atoms with Crippen molar-refractivity contribution in [3.8, 4) is 0 Å². The van der Waals surface area contributed by atoms with E-state index in [0.717, 1.165) is 18.2 Å². The van der Waals surface area contributed by atoms with Crippen LogP contribution in [0.2, 0.25) is 5.02 Å². The van der Waals surface area contributed by atoms with Crippen LogP contribution in [0.5, 0.6) is 0 Å². The smallest absolute Gasteiger partial charge is 0.257 e. The maximum absolute atomic E-state index is 12.6. The molecule has 5 nitrogen and oxygen atoms in total. The van der Waals surface area contributed by atoms with Crippen molar-refractivity contribution >= 4 is 39.7 Å². The summed E-state index contributed by atoms with van der Waals surface area (Å²) in [6, 6.07) is 5.14. The highest BCUT2D eigenvalue weighted by molar-refractivity contribution is 7.13. The molecular weight excluding hydrogens is 308 g/mol. The van der Waals surface area contributed by atoms with E-state index in [0.29, 0.717) is 29.4 Å². The zero-order valence-electron chi connectivity index (χ0n) is 11.3. The third kappa shape index (κ3) is 2.82. The Balaban J connectivity index is 1.71. The number of amides is 1. The fraction of sp³-hybridized carbons (Fsp3) is 0.286. The number of thiazole rings is 1. The Morgan fingerprint density at radius 3 is 2.67 bits per heavy atom. The molecule has 1 saturated heterocycles. The number of piperazine rings is 1. The van der Waals surface area contributed by atoms with Crippen molar-refractivity contribution in [2.75, 3.05) is 36.8 Å². The van der Waals surface area contributed by atoms with E-state index in [1.807, 2.05) is 5.38 Å². The van der Waals surface area contributed by atoms with E-state index in [9.17, 15) is 4.79 Å². The van der Waals surface area contributed by atoms with E-state index < -0.39 is 0 Å². The predicted molar refractivity (Wildman–Crippen MR) is 86.1 cm³/mol. The van der Waals surface area contributed by atoms with Gasteiger partial charge < -0.3 is 15.5 Å². The van der Waals surface area contributed by atoms with Gasteiger partial charge in [-0.05, 0) is 12.1 Å². The average molecular weight is 323 g/mol. The lowest BCUT2D eigenvalue weighted by atomic mass is 10.1. The van der Waals surface area contributed by atoms with Gasteiger partial charge in [0.1, 0.15) is 0 Å². The van der Waals surface area contributed by atoms with Gasteiger partial charge in [-0.2, -0.15) is 0 Å². The second-order valence-electron chi connectivity index (χ2n) is 4.80. The number of carbonyl (C=O) groups excluding carboxylic acids is 1. The minimum Gasteiger partial charge on any atom is -0.398 e. The van der Waals surface area contributed by atoms with Gasteiger partial charge in [0, 0.05) is 43.4 Å². The second kappa shape index (κ2) is 5.91. The number of hydrogen-bond donors (Lipinski definition) is 1. The van der Waals surface area contributed by atoms with Crippen LogP contribution in [0.25, 0.3) is 0 Å². The normalized spacial score (nSPS) is 15.3. The summed E-state index contributed by atoms with van der Waals surface area (Å²) in [5.74, 6) is -0.100. The van der Waals surface area contributed by atoms with Gasteiger partial charge in [-0.15, -0.1) is 11.3 Å². The highest BCUT2D eigenvalue weighted by Crippen LogP contribution is 2.25. The van der Waals surface area contributed by atoms with Gasteiger partial charge in [-0.3, -0.25) is 4.79 Å². The van der Waals surface area contributed by atoms with Crippen molar-refractivity contribution < 1.29 is 4.79 Å². The molecule has 21 heavy (non-hydrogen) atoms. The Hall–Kier alpha value is -1.79. The molecule has 2 heterocycles. The first-order chi connectivity index (χ1) is 10.2. The van der Waals surface area contributed by atoms with Gasteiger partial charge in [-0.1, -0.05) is 17.7 Å². The highest BCUT2D eigenvalue weighted by atomic mass is 35.5. The number of hydrogen-bond acceptors (Lipinski definition) is 5. The van der Waals surface area contributed by atoms with Crippen LogP contribution in [-0.4, -0.2) is 42.0 Å². The number of carbonyl (C=O) groups is 1. The molecule has 0 saturated carbocycles. The first-order valence-corrected chi connectivity index (χ1v) is 7.90. The molecule has 1 aliphatic rings. The van der Waals surface area contributed by atoms with E-state index >= 15 is 0 Å². The van der Waals surface area contributed by atoms with Crippen molar-refractivity contribution in [3.63, 3.8) is 0 Å². The first-order valence-electron chi connectivity index (χ1n) is 6.64. The van der Waals surface area contributed by atoms with E-state index in [-0.39, 0.29) is 5.91 Å². The number of nitrogens with zero attached hydrogens (tertiary/aromatic N) is 3. The van der Waals surface area contributed by atoms with Crippen LogP contribution in [0.1, 0.15) is 10.4 Å². The summed E-state index contributed by atoms with van der Waals surface area (Å²) in [5, 5.41) is 3.36. The zero-order chi connectivity index (χ0) is 14.8. The Bertz CT molecular complexity index is 618. The maximum atomic E-state index is 12.6. The van der Waals surface area contributed by atoms with Crippen LogP contribution in [0, 0.1) is 0 Å². The van der Waals surface area contributed by atoms with Crippen LogP contribution >= 0.6 is 22.9 Å². The van der Waals surface area contributed by atoms with Crippen LogP contribution < -0.4 is 10.6 Å². The average Bonchev–Trinajstić information content (AvgIpc) is 3.01. The molecule has 0 atom stereocenters. The monoisotopic (exact) mass is 322 g/mol. The second-order valence-corrected chi connectivity index (χ2v) is 6.08. The summed E-state index contributed by atoms with van der Waals surface area (Å²) in [6.07, 6.45) is 1.79. The van der Waals surface area contributed by atoms with Crippen LogP contribution in [0.4, 0.5) is 10.8 Å². The Labute approximate surface area is 131 Å². The fourth-order valence-corrected chi connectivity index (χ4v) is 3.36. The topological polar surface area (TPSA) is 62.5 Å². The van der Waals surface area contributed by atoms with Crippen LogP contribution in [-0.2, 0) is 0 Å². The lowest BCUT2D eigenvalue weighted by molar-refractivity contribution is 0.0748. The molecule has 1 aromatic heterocycles. The quantitative estimate of drug-likeness (QED) is 0.862. The molecule has 110 valence electrons. The number of aromatic nitrogens is 1. The minimum atomic E-state index is -0.100. The Morgan fingerprint density at radius 1 is 1.29 bits per heavy atom. The maximum Gasteiger partial charge on any atom is 0.257 e. The number of benzene rings is 1. The molecule has 3 rings (SSSR count). The van der Waals surface area contributed by atoms with Gasteiger partial charge in [0.05, 0.1) is 10.6 Å². The molecule has 1 amide bonds. The molecule has 2 N–H and O–H groups in total. The van der Waals surface area contributed by atoms with E-state index in [1.54, 1.807) is 40.6 Å². The Kier molecular flexibility index (Phi) is 3.98. The van der Waals surface area contributed by atoms with E-state index in [4.69, 9.17) is 17.3 Å². The van der Waals surface area contributed by atoms with Crippen molar-refractivity contribution in [1.29, 1.82) is 0 Å². The Morgan fingerprint density at radius 2 is 2.05 bits per heavy atom. The van der Waals surface area contributed by atoms with Crippen molar-refractivity contribution in [2.24, 2.45) is 0 Å². The number of nitrogens with two attached hydrogens (primary N) is 1. The summed E-state index contributed by atoms with van der Waals surface area (Å²) >= 11 is 7.72. The van der Waals surface area contributed by atoms with Crippen molar-refractivity contribution in [3.05, 3.63) is 40.4 Å². The lowest BCUT2D eigenvalue weighted by Gasteiger charge is -2.34. The first kappa shape index (κ1) is 14.2. The van der Waals surface area contributed by atoms with Crippen molar-refractivity contribution in [1.82, 2.24) is 9.88 Å². The summed E-state index contributed by atoms with van der Waals surface area (Å²) in [5.41, 5.74) is 6.71. The van der Waals surface area contributed by atoms with E-state index in [1.165, 1.54) is 0 Å². The standard InChI is InChI=1S/C14H15ClN4OS/c15-10-2-1-3-11(16)12(10)13(20)18-5-7-19(8-6-18)14-17-4-9-21-14/h1-4,9H,5-8,16H2. The SMILES string of the molecule is Nc1cccc(Cl)c1C(=O)N1CCN(c2nccs2)CC1. The molecule has 7 heteroatoms. The largest absolute Gasteiger partial charge is 0.398 e. The molecule has 0 unspecified atom stereocenters. The molecule has 2 aromatic rings. The van der Waals surface area contributed by atoms with Gasteiger partial charge in [0.15, 0.2) is 5.13 Å². The summed E-state index contributed by atoms with van der Waals surface area (Å²) in [4.78, 5) is 20.8. The van der Waals surface area contributed by atoms with Gasteiger partial charge in [0.25, 0.3) is 5.91 Å². The number of nitrogen functional groups attached to an aromatic ring is 1. The minimum absolute atomic E-state index is 0.100. The fourth-order valence-electron chi connectivity index (χ4n) is 2.40. The molecule has 0 bridgehead atoms. The zero-order valence-corrected chi connectivity index (χ0v) is 12.9. The summed E-state index contributed by atoms with van der Waals surface area (Å²) in [6.45, 7) is 2.82. The van der Waals surface area contributed by atoms with Crippen LogP contribution in [0.15, 0.2) is 29.8 Å².